The first-order valence-electron chi connectivity index (χ1n) is 6.44. The second kappa shape index (κ2) is 5.94. The second-order valence-corrected chi connectivity index (χ2v) is 5.99. The van der Waals surface area contributed by atoms with Crippen molar-refractivity contribution in [2.24, 2.45) is 5.41 Å². The molecule has 0 unspecified atom stereocenters. The zero-order chi connectivity index (χ0) is 12.1. The van der Waals surface area contributed by atoms with Gasteiger partial charge in [0, 0.05) is 25.1 Å². The van der Waals surface area contributed by atoms with E-state index in [1.54, 1.807) is 11.3 Å². The molecule has 1 N–H and O–H groups in total. The number of ether oxygens (including phenoxy) is 1. The van der Waals surface area contributed by atoms with Gasteiger partial charge in [0.2, 0.25) is 0 Å². The Morgan fingerprint density at radius 2 is 2.24 bits per heavy atom. The number of hydrogen-bond donors (Lipinski definition) is 1. The van der Waals surface area contributed by atoms with Crippen molar-refractivity contribution in [2.75, 3.05) is 26.3 Å². The topological polar surface area (TPSA) is 34.2 Å². The lowest BCUT2D eigenvalue weighted by Crippen LogP contribution is -2.40. The maximum absolute atomic E-state index is 5.50. The summed E-state index contributed by atoms with van der Waals surface area (Å²) in [5.74, 6) is 0. The van der Waals surface area contributed by atoms with Gasteiger partial charge in [0.25, 0.3) is 0 Å². The highest BCUT2D eigenvalue weighted by Gasteiger charge is 2.33. The van der Waals surface area contributed by atoms with Crippen LogP contribution in [-0.2, 0) is 11.2 Å². The Balaban J connectivity index is 2.03. The first-order chi connectivity index (χ1) is 8.24. The van der Waals surface area contributed by atoms with E-state index in [1.165, 1.54) is 10.7 Å². The third kappa shape index (κ3) is 3.50. The predicted octanol–water partition coefficient (Wildman–Crippen LogP) is 2.40. The predicted molar refractivity (Wildman–Crippen MR) is 71.6 cm³/mol. The van der Waals surface area contributed by atoms with Crippen LogP contribution in [0, 0.1) is 12.3 Å². The molecule has 0 atom stereocenters. The van der Waals surface area contributed by atoms with Gasteiger partial charge in [0.1, 0.15) is 0 Å². The molecule has 1 aromatic rings. The summed E-state index contributed by atoms with van der Waals surface area (Å²) in [6.45, 7) is 8.17. The number of thiazole rings is 1. The molecule has 1 aliphatic heterocycles. The van der Waals surface area contributed by atoms with E-state index in [4.69, 9.17) is 4.74 Å². The highest BCUT2D eigenvalue weighted by molar-refractivity contribution is 7.09. The van der Waals surface area contributed by atoms with Gasteiger partial charge in [-0.25, -0.2) is 4.98 Å². The summed E-state index contributed by atoms with van der Waals surface area (Å²) in [5, 5.41) is 6.88. The molecule has 0 bridgehead atoms. The molecule has 0 aromatic carbocycles. The lowest BCUT2D eigenvalue weighted by atomic mass is 9.76. The molecule has 4 heteroatoms. The van der Waals surface area contributed by atoms with Crippen molar-refractivity contribution >= 4 is 11.3 Å². The number of nitrogens with one attached hydrogen (secondary N) is 1. The van der Waals surface area contributed by atoms with Crippen LogP contribution in [0.2, 0.25) is 0 Å². The highest BCUT2D eigenvalue weighted by Crippen LogP contribution is 2.34. The Bertz CT molecular complexity index is 345. The zero-order valence-electron chi connectivity index (χ0n) is 10.8. The van der Waals surface area contributed by atoms with Crippen LogP contribution in [0.15, 0.2) is 5.38 Å². The molecule has 3 nitrogen and oxygen atoms in total. The van der Waals surface area contributed by atoms with Gasteiger partial charge < -0.3 is 10.1 Å². The number of rotatable bonds is 5. The van der Waals surface area contributed by atoms with Crippen molar-refractivity contribution in [2.45, 2.75) is 33.1 Å². The van der Waals surface area contributed by atoms with Crippen LogP contribution in [0.25, 0.3) is 0 Å². The maximum Gasteiger partial charge on any atom is 0.0897 e. The molecule has 0 saturated carbocycles. The van der Waals surface area contributed by atoms with Gasteiger partial charge in [-0.2, -0.15) is 0 Å². The van der Waals surface area contributed by atoms with Crippen LogP contribution in [-0.4, -0.2) is 31.3 Å². The third-order valence-corrected chi connectivity index (χ3v) is 4.35. The second-order valence-electron chi connectivity index (χ2n) is 4.93. The Labute approximate surface area is 108 Å². The summed E-state index contributed by atoms with van der Waals surface area (Å²) >= 11 is 1.75. The molecule has 1 aliphatic rings. The van der Waals surface area contributed by atoms with E-state index in [0.29, 0.717) is 5.41 Å². The minimum Gasteiger partial charge on any atom is -0.381 e. The molecule has 0 amide bonds. The van der Waals surface area contributed by atoms with Gasteiger partial charge in [0.15, 0.2) is 0 Å². The Morgan fingerprint density at radius 3 is 2.82 bits per heavy atom. The van der Waals surface area contributed by atoms with Crippen molar-refractivity contribution in [1.29, 1.82) is 0 Å². The molecule has 96 valence electrons. The molecular weight excluding hydrogens is 232 g/mol. The summed E-state index contributed by atoms with van der Waals surface area (Å²) in [7, 11) is 0. The summed E-state index contributed by atoms with van der Waals surface area (Å²) < 4.78 is 5.50. The maximum atomic E-state index is 5.50. The molecule has 1 saturated heterocycles. The number of hydrogen-bond acceptors (Lipinski definition) is 4. The fraction of sp³-hybridized carbons (Fsp3) is 0.769. The fourth-order valence-electron chi connectivity index (χ4n) is 2.48. The van der Waals surface area contributed by atoms with Crippen LogP contribution in [0.3, 0.4) is 0 Å². The van der Waals surface area contributed by atoms with Crippen molar-refractivity contribution in [3.05, 3.63) is 16.1 Å². The average molecular weight is 254 g/mol. The van der Waals surface area contributed by atoms with E-state index in [0.717, 1.165) is 45.6 Å². The molecule has 2 rings (SSSR count). The summed E-state index contributed by atoms with van der Waals surface area (Å²) in [6, 6.07) is 0. The quantitative estimate of drug-likeness (QED) is 0.876. The Kier molecular flexibility index (Phi) is 4.54. The fourth-order valence-corrected chi connectivity index (χ4v) is 3.10. The molecule has 0 radical (unpaired) electrons. The third-order valence-electron chi connectivity index (χ3n) is 3.53. The minimum atomic E-state index is 0.356. The lowest BCUT2D eigenvalue weighted by Gasteiger charge is -2.37. The Hall–Kier alpha value is -0.450. The highest BCUT2D eigenvalue weighted by atomic mass is 32.1. The molecule has 0 spiro atoms. The van der Waals surface area contributed by atoms with Gasteiger partial charge in [-0.1, -0.05) is 6.92 Å². The molecule has 0 aliphatic carbocycles. The van der Waals surface area contributed by atoms with E-state index < -0.39 is 0 Å². The molecule has 17 heavy (non-hydrogen) atoms. The summed E-state index contributed by atoms with van der Waals surface area (Å²) in [4.78, 5) is 4.61. The first-order valence-corrected chi connectivity index (χ1v) is 7.31. The zero-order valence-corrected chi connectivity index (χ0v) is 11.6. The first kappa shape index (κ1) is 13.0. The van der Waals surface area contributed by atoms with Crippen molar-refractivity contribution in [3.8, 4) is 0 Å². The summed E-state index contributed by atoms with van der Waals surface area (Å²) in [6.07, 6.45) is 3.39. The average Bonchev–Trinajstić information content (AvgIpc) is 2.73. The molecule has 1 fully saturated rings. The van der Waals surface area contributed by atoms with Gasteiger partial charge in [-0.3, -0.25) is 0 Å². The number of aryl methyl sites for hydroxylation is 1. The van der Waals surface area contributed by atoms with Gasteiger partial charge >= 0.3 is 0 Å². The monoisotopic (exact) mass is 254 g/mol. The SMILES string of the molecule is CCNCC1(Cc2csc(C)n2)CCOCC1. The lowest BCUT2D eigenvalue weighted by molar-refractivity contribution is 0.0148. The minimum absolute atomic E-state index is 0.356. The standard InChI is InChI=1S/C13H22N2OS/c1-3-14-10-13(4-6-16-7-5-13)8-12-9-17-11(2)15-12/h9,14H,3-8,10H2,1-2H3. The largest absolute Gasteiger partial charge is 0.381 e. The van der Waals surface area contributed by atoms with Gasteiger partial charge in [0.05, 0.1) is 10.7 Å². The molecular formula is C13H22N2OS. The van der Waals surface area contributed by atoms with Crippen LogP contribution >= 0.6 is 11.3 Å². The van der Waals surface area contributed by atoms with E-state index in [1.807, 2.05) is 0 Å². The van der Waals surface area contributed by atoms with Gasteiger partial charge in [-0.15, -0.1) is 11.3 Å². The van der Waals surface area contributed by atoms with E-state index >= 15 is 0 Å². The van der Waals surface area contributed by atoms with Crippen molar-refractivity contribution in [3.63, 3.8) is 0 Å². The van der Waals surface area contributed by atoms with Gasteiger partial charge in [-0.05, 0) is 38.1 Å². The smallest absolute Gasteiger partial charge is 0.0897 e. The van der Waals surface area contributed by atoms with Crippen molar-refractivity contribution < 1.29 is 4.74 Å². The normalized spacial score (nSPS) is 19.4. The van der Waals surface area contributed by atoms with Crippen LogP contribution in [0.1, 0.15) is 30.5 Å². The van der Waals surface area contributed by atoms with Crippen molar-refractivity contribution in [1.82, 2.24) is 10.3 Å². The van der Waals surface area contributed by atoms with E-state index in [-0.39, 0.29) is 0 Å². The Morgan fingerprint density at radius 1 is 1.47 bits per heavy atom. The van der Waals surface area contributed by atoms with Crippen LogP contribution in [0.5, 0.6) is 0 Å². The van der Waals surface area contributed by atoms with Crippen LogP contribution in [0.4, 0.5) is 0 Å². The number of nitrogens with zero attached hydrogens (tertiary/aromatic N) is 1. The van der Waals surface area contributed by atoms with E-state index in [9.17, 15) is 0 Å². The molecule has 1 aromatic heterocycles. The summed E-state index contributed by atoms with van der Waals surface area (Å²) in [5.41, 5.74) is 1.61. The van der Waals surface area contributed by atoms with E-state index in [2.05, 4.69) is 29.5 Å². The number of aromatic nitrogens is 1. The molecule has 2 heterocycles. The van der Waals surface area contributed by atoms with Crippen LogP contribution < -0.4 is 5.32 Å².